The minimum absolute atomic E-state index is 0.104. The van der Waals surface area contributed by atoms with E-state index in [-0.39, 0.29) is 12.3 Å². The predicted octanol–water partition coefficient (Wildman–Crippen LogP) is 3.15. The zero-order valence-corrected chi connectivity index (χ0v) is 14.4. The van der Waals surface area contributed by atoms with Crippen LogP contribution < -0.4 is 0 Å². The van der Waals surface area contributed by atoms with Gasteiger partial charge in [0.05, 0.1) is 12.7 Å². The van der Waals surface area contributed by atoms with Crippen LogP contribution in [0, 0.1) is 13.8 Å². The number of amides is 1. The third kappa shape index (κ3) is 3.16. The number of likely N-dealkylation sites (tertiary alicyclic amines) is 1. The molecule has 1 atom stereocenters. The molecule has 1 aromatic carbocycles. The lowest BCUT2D eigenvalue weighted by atomic mass is 10.0. The fourth-order valence-electron chi connectivity index (χ4n) is 3.16. The zero-order valence-electron chi connectivity index (χ0n) is 14.4. The van der Waals surface area contributed by atoms with Crippen LogP contribution in [0.15, 0.2) is 22.8 Å². The number of hydrogen-bond acceptors (Lipinski definition) is 4. The number of furan rings is 1. The van der Waals surface area contributed by atoms with Gasteiger partial charge in [-0.15, -0.1) is 0 Å². The highest BCUT2D eigenvalue weighted by molar-refractivity contribution is 5.89. The SMILES string of the molecule is Cc1ccc2c(CC(=O)O[C@@H](C)C(=O)N3CCCC3)coc2c1C. The standard InChI is InChI=1S/C19H23NO4/c1-12-6-7-16-15(11-23-18(16)13(12)2)10-17(21)24-14(3)19(22)20-8-4-5-9-20/h6-7,11,14H,4-5,8-10H2,1-3H3/t14-/m0/s1. The molecule has 5 heteroatoms. The van der Waals surface area contributed by atoms with E-state index in [2.05, 4.69) is 0 Å². The Balaban J connectivity index is 1.66. The minimum atomic E-state index is -0.738. The number of esters is 1. The van der Waals surface area contributed by atoms with Crippen molar-refractivity contribution in [1.82, 2.24) is 4.90 Å². The molecule has 128 valence electrons. The van der Waals surface area contributed by atoms with E-state index in [1.54, 1.807) is 18.1 Å². The van der Waals surface area contributed by atoms with Gasteiger partial charge in [0.2, 0.25) is 0 Å². The largest absolute Gasteiger partial charge is 0.464 e. The number of carbonyl (C=O) groups is 2. The second-order valence-corrected chi connectivity index (χ2v) is 6.49. The molecule has 1 amide bonds. The summed E-state index contributed by atoms with van der Waals surface area (Å²) in [5, 5.41) is 0.925. The topological polar surface area (TPSA) is 59.8 Å². The van der Waals surface area contributed by atoms with Crippen molar-refractivity contribution in [3.8, 4) is 0 Å². The van der Waals surface area contributed by atoms with E-state index < -0.39 is 12.1 Å². The van der Waals surface area contributed by atoms with Gasteiger partial charge in [0.1, 0.15) is 5.58 Å². The molecule has 3 rings (SSSR count). The van der Waals surface area contributed by atoms with Crippen molar-refractivity contribution in [1.29, 1.82) is 0 Å². The van der Waals surface area contributed by atoms with Gasteiger partial charge in [-0.05, 0) is 44.7 Å². The number of rotatable bonds is 4. The van der Waals surface area contributed by atoms with Crippen molar-refractivity contribution in [3.05, 3.63) is 35.1 Å². The molecule has 0 saturated carbocycles. The van der Waals surface area contributed by atoms with E-state index >= 15 is 0 Å². The van der Waals surface area contributed by atoms with Crippen molar-refractivity contribution in [2.45, 2.75) is 46.1 Å². The van der Waals surface area contributed by atoms with Crippen LogP contribution in [0.2, 0.25) is 0 Å². The van der Waals surface area contributed by atoms with Gasteiger partial charge in [0.15, 0.2) is 6.10 Å². The molecule has 24 heavy (non-hydrogen) atoms. The summed E-state index contributed by atoms with van der Waals surface area (Å²) in [4.78, 5) is 26.2. The Morgan fingerprint density at radius 3 is 2.67 bits per heavy atom. The normalized spacial score (nSPS) is 15.7. The Bertz CT molecular complexity index is 771. The number of ether oxygens (including phenoxy) is 1. The molecular weight excluding hydrogens is 306 g/mol. The van der Waals surface area contributed by atoms with Crippen LogP contribution in [0.25, 0.3) is 11.0 Å². The maximum atomic E-state index is 12.2. The Labute approximate surface area is 141 Å². The van der Waals surface area contributed by atoms with E-state index in [4.69, 9.17) is 9.15 Å². The van der Waals surface area contributed by atoms with Gasteiger partial charge in [0.25, 0.3) is 5.91 Å². The first kappa shape index (κ1) is 16.6. The highest BCUT2D eigenvalue weighted by Gasteiger charge is 2.26. The number of fused-ring (bicyclic) bond motifs is 1. The molecule has 1 aromatic heterocycles. The molecule has 1 saturated heterocycles. The van der Waals surface area contributed by atoms with Crippen LogP contribution in [0.3, 0.4) is 0 Å². The summed E-state index contributed by atoms with van der Waals surface area (Å²) < 4.78 is 10.9. The molecule has 0 bridgehead atoms. The Morgan fingerprint density at radius 1 is 1.25 bits per heavy atom. The first-order valence-electron chi connectivity index (χ1n) is 8.42. The Kier molecular flexibility index (Phi) is 4.60. The van der Waals surface area contributed by atoms with E-state index in [0.29, 0.717) is 0 Å². The van der Waals surface area contributed by atoms with E-state index in [9.17, 15) is 9.59 Å². The fourth-order valence-corrected chi connectivity index (χ4v) is 3.16. The average Bonchev–Trinajstić information content (AvgIpc) is 3.20. The van der Waals surface area contributed by atoms with Crippen LogP contribution in [-0.4, -0.2) is 36.0 Å². The first-order valence-corrected chi connectivity index (χ1v) is 8.42. The Hall–Kier alpha value is -2.30. The Morgan fingerprint density at radius 2 is 1.96 bits per heavy atom. The lowest BCUT2D eigenvalue weighted by Gasteiger charge is -2.20. The lowest BCUT2D eigenvalue weighted by Crippen LogP contribution is -2.38. The maximum Gasteiger partial charge on any atom is 0.311 e. The summed E-state index contributed by atoms with van der Waals surface area (Å²) in [5.41, 5.74) is 3.82. The summed E-state index contributed by atoms with van der Waals surface area (Å²) in [7, 11) is 0. The molecule has 5 nitrogen and oxygen atoms in total. The zero-order chi connectivity index (χ0) is 17.3. The smallest absolute Gasteiger partial charge is 0.311 e. The maximum absolute atomic E-state index is 12.2. The molecular formula is C19H23NO4. The van der Waals surface area contributed by atoms with Crippen molar-refractivity contribution < 1.29 is 18.7 Å². The lowest BCUT2D eigenvalue weighted by molar-refractivity contribution is -0.158. The number of carbonyl (C=O) groups excluding carboxylic acids is 2. The monoisotopic (exact) mass is 329 g/mol. The van der Waals surface area contributed by atoms with Gasteiger partial charge in [-0.25, -0.2) is 0 Å². The van der Waals surface area contributed by atoms with Crippen molar-refractivity contribution in [2.75, 3.05) is 13.1 Å². The molecule has 2 heterocycles. The second-order valence-electron chi connectivity index (χ2n) is 6.49. The highest BCUT2D eigenvalue weighted by Crippen LogP contribution is 2.27. The first-order chi connectivity index (χ1) is 11.5. The van der Waals surface area contributed by atoms with E-state index in [0.717, 1.165) is 53.6 Å². The summed E-state index contributed by atoms with van der Waals surface area (Å²) in [5.74, 6) is -0.514. The third-order valence-corrected chi connectivity index (χ3v) is 4.75. The predicted molar refractivity (Wildman–Crippen MR) is 90.8 cm³/mol. The summed E-state index contributed by atoms with van der Waals surface area (Å²) in [6.45, 7) is 7.17. The number of benzene rings is 1. The summed E-state index contributed by atoms with van der Waals surface area (Å²) in [6.07, 6.45) is 3.01. The molecule has 0 radical (unpaired) electrons. The fraction of sp³-hybridized carbons (Fsp3) is 0.474. The van der Waals surface area contributed by atoms with Gasteiger partial charge < -0.3 is 14.1 Å². The van der Waals surface area contributed by atoms with Crippen molar-refractivity contribution >= 4 is 22.8 Å². The second kappa shape index (κ2) is 6.67. The molecule has 1 fully saturated rings. The van der Waals surface area contributed by atoms with Crippen LogP contribution in [0.5, 0.6) is 0 Å². The minimum Gasteiger partial charge on any atom is -0.464 e. The molecule has 1 aliphatic heterocycles. The van der Waals surface area contributed by atoms with Gasteiger partial charge in [-0.3, -0.25) is 9.59 Å². The molecule has 1 aliphatic rings. The quantitative estimate of drug-likeness (QED) is 0.809. The number of hydrogen-bond donors (Lipinski definition) is 0. The average molecular weight is 329 g/mol. The van der Waals surface area contributed by atoms with E-state index in [1.165, 1.54) is 0 Å². The number of nitrogens with zero attached hydrogens (tertiary/aromatic N) is 1. The summed E-state index contributed by atoms with van der Waals surface area (Å²) in [6, 6.07) is 3.98. The van der Waals surface area contributed by atoms with Crippen molar-refractivity contribution in [2.24, 2.45) is 0 Å². The number of aryl methyl sites for hydroxylation is 2. The molecule has 2 aromatic rings. The third-order valence-electron chi connectivity index (χ3n) is 4.75. The van der Waals surface area contributed by atoms with Gasteiger partial charge >= 0.3 is 5.97 Å². The van der Waals surface area contributed by atoms with Crippen LogP contribution in [0.4, 0.5) is 0 Å². The molecule has 0 N–H and O–H groups in total. The van der Waals surface area contributed by atoms with Crippen LogP contribution in [0.1, 0.15) is 36.5 Å². The van der Waals surface area contributed by atoms with Gasteiger partial charge in [0, 0.05) is 24.0 Å². The summed E-state index contributed by atoms with van der Waals surface area (Å²) >= 11 is 0. The highest BCUT2D eigenvalue weighted by atomic mass is 16.5. The van der Waals surface area contributed by atoms with E-state index in [1.807, 2.05) is 26.0 Å². The van der Waals surface area contributed by atoms with Crippen LogP contribution >= 0.6 is 0 Å². The van der Waals surface area contributed by atoms with Gasteiger partial charge in [-0.1, -0.05) is 12.1 Å². The molecule has 0 spiro atoms. The van der Waals surface area contributed by atoms with Gasteiger partial charge in [-0.2, -0.15) is 0 Å². The van der Waals surface area contributed by atoms with Crippen LogP contribution in [-0.2, 0) is 20.7 Å². The molecule has 0 unspecified atom stereocenters. The van der Waals surface area contributed by atoms with Crippen molar-refractivity contribution in [3.63, 3.8) is 0 Å². The molecule has 0 aliphatic carbocycles.